The van der Waals surface area contributed by atoms with Gasteiger partial charge in [-0.25, -0.2) is 8.42 Å². The minimum atomic E-state index is -4.88. The summed E-state index contributed by atoms with van der Waals surface area (Å²) in [7, 11) is -3.68. The molecule has 2 aromatic rings. The number of para-hydroxylation sites is 1. The first-order valence-corrected chi connectivity index (χ1v) is 11.7. The largest absolute Gasteiger partial charge is 0.573 e. The molecule has 3 rings (SSSR count). The van der Waals surface area contributed by atoms with E-state index in [1.165, 1.54) is 36.4 Å². The summed E-state index contributed by atoms with van der Waals surface area (Å²) in [6, 6.07) is 8.56. The maximum absolute atomic E-state index is 12.7. The van der Waals surface area contributed by atoms with E-state index in [2.05, 4.69) is 10.1 Å². The highest BCUT2D eigenvalue weighted by Gasteiger charge is 2.38. The highest BCUT2D eigenvalue weighted by Crippen LogP contribution is 2.38. The number of hydrogen-bond donors (Lipinski definition) is 2. The van der Waals surface area contributed by atoms with Crippen LogP contribution in [0.3, 0.4) is 0 Å². The van der Waals surface area contributed by atoms with Crippen molar-refractivity contribution in [3.63, 3.8) is 0 Å². The number of carbonyl (C=O) groups excluding carboxylic acids is 1. The molecule has 2 atom stereocenters. The van der Waals surface area contributed by atoms with Gasteiger partial charge in [0.25, 0.3) is 0 Å². The molecular weight excluding hydrogens is 473 g/mol. The van der Waals surface area contributed by atoms with Crippen LogP contribution < -0.4 is 10.1 Å². The molecular formula is C20H20ClF3N2O5S. The summed E-state index contributed by atoms with van der Waals surface area (Å²) in [6.45, 7) is 0.00771. The second-order valence-corrected chi connectivity index (χ2v) is 9.64. The average molecular weight is 493 g/mol. The lowest BCUT2D eigenvalue weighted by atomic mass is 10.0. The Morgan fingerprint density at radius 1 is 1.22 bits per heavy atom. The minimum Gasteiger partial charge on any atom is -0.405 e. The first-order chi connectivity index (χ1) is 14.8. The van der Waals surface area contributed by atoms with Gasteiger partial charge in [-0.05, 0) is 31.0 Å². The van der Waals surface area contributed by atoms with E-state index in [0.717, 1.165) is 16.6 Å². The third kappa shape index (κ3) is 5.91. The first-order valence-electron chi connectivity index (χ1n) is 9.45. The molecule has 32 heavy (non-hydrogen) atoms. The molecule has 1 fully saturated rings. The highest BCUT2D eigenvalue weighted by molar-refractivity contribution is 7.88. The maximum atomic E-state index is 12.7. The Bertz CT molecular complexity index is 1110. The molecule has 0 saturated carbocycles. The van der Waals surface area contributed by atoms with Crippen molar-refractivity contribution in [2.75, 3.05) is 18.1 Å². The van der Waals surface area contributed by atoms with Crippen LogP contribution in [0.15, 0.2) is 42.5 Å². The zero-order valence-electron chi connectivity index (χ0n) is 16.8. The van der Waals surface area contributed by atoms with Crippen LogP contribution in [0, 0.1) is 0 Å². The summed E-state index contributed by atoms with van der Waals surface area (Å²) in [6.07, 6.45) is -4.56. The van der Waals surface area contributed by atoms with Gasteiger partial charge in [-0.1, -0.05) is 35.9 Å². The number of ether oxygens (including phenoxy) is 1. The van der Waals surface area contributed by atoms with Crippen molar-refractivity contribution in [3.8, 4) is 16.9 Å². The van der Waals surface area contributed by atoms with Gasteiger partial charge in [0.1, 0.15) is 11.8 Å². The van der Waals surface area contributed by atoms with Crippen molar-refractivity contribution in [2.45, 2.75) is 31.3 Å². The predicted molar refractivity (Wildman–Crippen MR) is 113 cm³/mol. The van der Waals surface area contributed by atoms with E-state index in [9.17, 15) is 31.5 Å². The second-order valence-electron chi connectivity index (χ2n) is 7.30. The molecule has 1 amide bonds. The number of alkyl halides is 3. The number of anilines is 1. The standard InChI is InChI=1S/C20H20ClF3N2O5S/c1-32(29,30)26-9-8-13(27)11-17(26)19(28)25-12-6-7-14(16(21)10-12)15-4-2-3-5-18(15)31-20(22,23)24/h2-7,10,13,17,27H,8-9,11H2,1H3,(H,25,28)/t13-,17?/m0/s1. The minimum absolute atomic E-state index is 0.00771. The Balaban J connectivity index is 1.84. The van der Waals surface area contributed by atoms with Crippen molar-refractivity contribution in [2.24, 2.45) is 0 Å². The Hall–Kier alpha value is -2.34. The summed E-state index contributed by atoms with van der Waals surface area (Å²) in [5, 5.41) is 12.5. The maximum Gasteiger partial charge on any atom is 0.573 e. The van der Waals surface area contributed by atoms with E-state index in [0.29, 0.717) is 0 Å². The van der Waals surface area contributed by atoms with Crippen molar-refractivity contribution in [1.82, 2.24) is 4.31 Å². The highest BCUT2D eigenvalue weighted by atomic mass is 35.5. The zero-order valence-corrected chi connectivity index (χ0v) is 18.3. The number of aliphatic hydroxyl groups excluding tert-OH is 1. The molecule has 2 aromatic carbocycles. The Morgan fingerprint density at radius 3 is 2.53 bits per heavy atom. The number of hydrogen-bond acceptors (Lipinski definition) is 5. The van der Waals surface area contributed by atoms with Gasteiger partial charge in [0.2, 0.25) is 15.9 Å². The first kappa shape index (κ1) is 24.3. The molecule has 0 bridgehead atoms. The number of nitrogens with one attached hydrogen (secondary N) is 1. The number of benzene rings is 2. The smallest absolute Gasteiger partial charge is 0.405 e. The van der Waals surface area contributed by atoms with Crippen molar-refractivity contribution < 1.29 is 36.2 Å². The molecule has 7 nitrogen and oxygen atoms in total. The van der Waals surface area contributed by atoms with Crippen LogP contribution in [0.5, 0.6) is 5.75 Å². The molecule has 2 N–H and O–H groups in total. The Kier molecular flexibility index (Phi) is 7.03. The number of rotatable bonds is 5. The summed E-state index contributed by atoms with van der Waals surface area (Å²) in [5.41, 5.74) is 0.563. The molecule has 0 radical (unpaired) electrons. The van der Waals surface area contributed by atoms with E-state index >= 15 is 0 Å². The average Bonchev–Trinajstić information content (AvgIpc) is 2.66. The molecule has 1 aliphatic heterocycles. The molecule has 1 aliphatic rings. The second kappa shape index (κ2) is 9.26. The van der Waals surface area contributed by atoms with Crippen LogP contribution in [0.2, 0.25) is 5.02 Å². The van der Waals surface area contributed by atoms with Crippen LogP contribution >= 0.6 is 11.6 Å². The number of amides is 1. The van der Waals surface area contributed by atoms with Crippen LogP contribution in [0.1, 0.15) is 12.8 Å². The zero-order chi connectivity index (χ0) is 23.7. The van der Waals surface area contributed by atoms with Gasteiger partial charge in [0.05, 0.1) is 17.4 Å². The number of carbonyl (C=O) groups is 1. The van der Waals surface area contributed by atoms with Crippen LogP contribution in [-0.2, 0) is 14.8 Å². The monoisotopic (exact) mass is 492 g/mol. The molecule has 1 saturated heterocycles. The van der Waals surface area contributed by atoms with Crippen molar-refractivity contribution in [3.05, 3.63) is 47.5 Å². The molecule has 0 aromatic heterocycles. The summed E-state index contributed by atoms with van der Waals surface area (Å²) in [5.74, 6) is -1.09. The lowest BCUT2D eigenvalue weighted by molar-refractivity contribution is -0.274. The molecule has 1 unspecified atom stereocenters. The summed E-state index contributed by atoms with van der Waals surface area (Å²) >= 11 is 6.27. The van der Waals surface area contributed by atoms with Gasteiger partial charge in [0.15, 0.2) is 0 Å². The SMILES string of the molecule is CS(=O)(=O)N1CC[C@H](O)CC1C(=O)Nc1ccc(-c2ccccc2OC(F)(F)F)c(Cl)c1. The topological polar surface area (TPSA) is 95.9 Å². The van der Waals surface area contributed by atoms with Crippen LogP contribution in [0.4, 0.5) is 18.9 Å². The number of nitrogens with zero attached hydrogens (tertiary/aromatic N) is 1. The van der Waals surface area contributed by atoms with E-state index in [1.54, 1.807) is 0 Å². The number of piperidine rings is 1. The van der Waals surface area contributed by atoms with E-state index < -0.39 is 40.2 Å². The van der Waals surface area contributed by atoms with Gasteiger partial charge < -0.3 is 15.2 Å². The normalized spacial score (nSPS) is 20.1. The number of aliphatic hydroxyl groups is 1. The lowest BCUT2D eigenvalue weighted by Crippen LogP contribution is -2.52. The Morgan fingerprint density at radius 2 is 1.91 bits per heavy atom. The van der Waals surface area contributed by atoms with Crippen LogP contribution in [0.25, 0.3) is 11.1 Å². The van der Waals surface area contributed by atoms with Crippen molar-refractivity contribution >= 4 is 33.2 Å². The summed E-state index contributed by atoms with van der Waals surface area (Å²) < 4.78 is 67.2. The Labute approximate surface area is 187 Å². The molecule has 1 heterocycles. The van der Waals surface area contributed by atoms with E-state index in [4.69, 9.17) is 11.6 Å². The number of halogens is 4. The van der Waals surface area contributed by atoms with E-state index in [1.807, 2.05) is 0 Å². The van der Waals surface area contributed by atoms with Gasteiger partial charge in [-0.2, -0.15) is 4.31 Å². The molecule has 174 valence electrons. The predicted octanol–water partition coefficient (Wildman–Crippen LogP) is 3.63. The third-order valence-electron chi connectivity index (χ3n) is 4.89. The molecule has 0 aliphatic carbocycles. The summed E-state index contributed by atoms with van der Waals surface area (Å²) in [4.78, 5) is 12.7. The number of sulfonamides is 1. The quantitative estimate of drug-likeness (QED) is 0.664. The fourth-order valence-corrected chi connectivity index (χ4v) is 4.86. The van der Waals surface area contributed by atoms with E-state index in [-0.39, 0.29) is 41.2 Å². The molecule has 12 heteroatoms. The third-order valence-corrected chi connectivity index (χ3v) is 6.50. The van der Waals surface area contributed by atoms with Crippen LogP contribution in [-0.4, -0.2) is 55.0 Å². The van der Waals surface area contributed by atoms with Gasteiger partial charge in [-0.15, -0.1) is 13.2 Å². The van der Waals surface area contributed by atoms with Gasteiger partial charge in [-0.3, -0.25) is 4.79 Å². The lowest BCUT2D eigenvalue weighted by Gasteiger charge is -2.34. The van der Waals surface area contributed by atoms with Gasteiger partial charge >= 0.3 is 6.36 Å². The fourth-order valence-electron chi connectivity index (χ4n) is 3.50. The molecule has 0 spiro atoms. The fraction of sp³-hybridized carbons (Fsp3) is 0.350. The van der Waals surface area contributed by atoms with Gasteiger partial charge in [0, 0.05) is 23.4 Å². The van der Waals surface area contributed by atoms with Crippen molar-refractivity contribution in [1.29, 1.82) is 0 Å².